The van der Waals surface area contributed by atoms with Gasteiger partial charge in [-0.05, 0) is 27.5 Å². The molecule has 0 aromatic carbocycles. The summed E-state index contributed by atoms with van der Waals surface area (Å²) in [6.07, 6.45) is 1.48. The van der Waals surface area contributed by atoms with Crippen LogP contribution in [0.5, 0.6) is 0 Å². The Balaban J connectivity index is 3.03. The van der Waals surface area contributed by atoms with Gasteiger partial charge in [0.2, 0.25) is 5.28 Å². The van der Waals surface area contributed by atoms with Crippen molar-refractivity contribution in [1.29, 1.82) is 0 Å². The third-order valence-corrected chi connectivity index (χ3v) is 1.04. The summed E-state index contributed by atoms with van der Waals surface area (Å²) in [6, 6.07) is 0. The fourth-order valence-corrected chi connectivity index (χ4v) is 0.515. The first-order chi connectivity index (χ1) is 3.79. The Morgan fingerprint density at radius 1 is 1.50 bits per heavy atom. The largest absolute Gasteiger partial charge is 0.242 e. The number of hydrogen-bond donors (Lipinski definition) is 0. The molecule has 0 bridgehead atoms. The molecule has 0 unspecified atom stereocenters. The highest BCUT2D eigenvalue weighted by atomic mass is 79.9. The minimum absolute atomic E-state index is 0.160. The second-order valence-corrected chi connectivity index (χ2v) is 2.20. The molecule has 42 valence electrons. The summed E-state index contributed by atoms with van der Waals surface area (Å²) in [5.74, 6) is 0. The lowest BCUT2D eigenvalue weighted by Crippen LogP contribution is -1.84. The van der Waals surface area contributed by atoms with Crippen LogP contribution in [0.1, 0.15) is 0 Å². The van der Waals surface area contributed by atoms with Crippen LogP contribution in [0.4, 0.5) is 0 Å². The molecule has 0 N–H and O–H groups in total. The van der Waals surface area contributed by atoms with Gasteiger partial charge in [-0.15, -0.1) is 10.2 Å². The molecule has 0 saturated carbocycles. The number of hydrogen-bond acceptors (Lipinski definition) is 3. The van der Waals surface area contributed by atoms with E-state index >= 15 is 0 Å². The number of rotatable bonds is 0. The standard InChI is InChI=1S/C3HBrClN3/c4-2-1-6-3(5)8-7-2/h1H. The second-order valence-electron chi connectivity index (χ2n) is 1.05. The van der Waals surface area contributed by atoms with E-state index < -0.39 is 0 Å². The molecule has 1 aromatic heterocycles. The molecule has 1 aromatic rings. The van der Waals surface area contributed by atoms with Gasteiger partial charge in [0.1, 0.15) is 4.60 Å². The van der Waals surface area contributed by atoms with Crippen molar-refractivity contribution in [1.82, 2.24) is 15.2 Å². The maximum Gasteiger partial charge on any atom is 0.242 e. The monoisotopic (exact) mass is 193 g/mol. The molecule has 0 saturated heterocycles. The molecule has 8 heavy (non-hydrogen) atoms. The zero-order valence-corrected chi connectivity index (χ0v) is 6.02. The van der Waals surface area contributed by atoms with Gasteiger partial charge in [-0.1, -0.05) is 0 Å². The summed E-state index contributed by atoms with van der Waals surface area (Å²) in [5.41, 5.74) is 0. The summed E-state index contributed by atoms with van der Waals surface area (Å²) in [5, 5.41) is 7.15. The van der Waals surface area contributed by atoms with E-state index in [2.05, 4.69) is 31.1 Å². The molecule has 3 nitrogen and oxygen atoms in total. The van der Waals surface area contributed by atoms with Crippen LogP contribution in [0.2, 0.25) is 5.28 Å². The van der Waals surface area contributed by atoms with Crippen molar-refractivity contribution in [3.8, 4) is 0 Å². The maximum absolute atomic E-state index is 5.31. The zero-order valence-electron chi connectivity index (χ0n) is 3.67. The maximum atomic E-state index is 5.31. The lowest BCUT2D eigenvalue weighted by atomic mass is 10.9. The highest BCUT2D eigenvalue weighted by Crippen LogP contribution is 2.01. The van der Waals surface area contributed by atoms with E-state index in [1.807, 2.05) is 0 Å². The fourth-order valence-electron chi connectivity index (χ4n) is 0.247. The summed E-state index contributed by atoms with van der Waals surface area (Å²) in [7, 11) is 0. The fraction of sp³-hybridized carbons (Fsp3) is 0. The van der Waals surface area contributed by atoms with Crippen LogP contribution in [-0.4, -0.2) is 15.2 Å². The molecule has 1 rings (SSSR count). The van der Waals surface area contributed by atoms with Gasteiger partial charge < -0.3 is 0 Å². The number of halogens is 2. The van der Waals surface area contributed by atoms with Crippen LogP contribution in [-0.2, 0) is 0 Å². The smallest absolute Gasteiger partial charge is 0.222 e. The van der Waals surface area contributed by atoms with Crippen LogP contribution >= 0.6 is 27.5 Å². The Morgan fingerprint density at radius 3 is 2.62 bits per heavy atom. The molecule has 1 heterocycles. The van der Waals surface area contributed by atoms with E-state index in [1.54, 1.807) is 0 Å². The molecular weight excluding hydrogens is 193 g/mol. The molecule has 0 spiro atoms. The van der Waals surface area contributed by atoms with E-state index in [0.29, 0.717) is 4.60 Å². The Labute approximate surface area is 59.2 Å². The molecule has 0 aliphatic heterocycles. The average molecular weight is 194 g/mol. The molecule has 0 fully saturated rings. The lowest BCUT2D eigenvalue weighted by Gasteiger charge is -1.83. The summed E-state index contributed by atoms with van der Waals surface area (Å²) < 4.78 is 0.585. The third-order valence-electron chi connectivity index (χ3n) is 0.506. The van der Waals surface area contributed by atoms with Crippen molar-refractivity contribution in [2.75, 3.05) is 0 Å². The van der Waals surface area contributed by atoms with E-state index in [-0.39, 0.29) is 5.28 Å². The minimum Gasteiger partial charge on any atom is -0.222 e. The van der Waals surface area contributed by atoms with Gasteiger partial charge in [-0.2, -0.15) is 0 Å². The summed E-state index contributed by atoms with van der Waals surface area (Å²) in [6.45, 7) is 0. The molecular formula is C3HBrClN3. The molecule has 0 amide bonds. The Kier molecular flexibility index (Phi) is 1.75. The van der Waals surface area contributed by atoms with Gasteiger partial charge in [0.15, 0.2) is 0 Å². The van der Waals surface area contributed by atoms with E-state index in [9.17, 15) is 0 Å². The highest BCUT2D eigenvalue weighted by molar-refractivity contribution is 9.10. The minimum atomic E-state index is 0.160. The molecule has 5 heteroatoms. The average Bonchev–Trinajstić information content (AvgIpc) is 1.77. The van der Waals surface area contributed by atoms with Crippen LogP contribution < -0.4 is 0 Å². The van der Waals surface area contributed by atoms with Gasteiger partial charge in [-0.3, -0.25) is 0 Å². The topological polar surface area (TPSA) is 38.7 Å². The number of nitrogens with zero attached hydrogens (tertiary/aromatic N) is 3. The Morgan fingerprint density at radius 2 is 2.25 bits per heavy atom. The number of aromatic nitrogens is 3. The highest BCUT2D eigenvalue weighted by Gasteiger charge is 1.88. The predicted octanol–water partition coefficient (Wildman–Crippen LogP) is 1.29. The van der Waals surface area contributed by atoms with E-state index in [0.717, 1.165) is 0 Å². The van der Waals surface area contributed by atoms with Crippen LogP contribution in [0.25, 0.3) is 0 Å². The van der Waals surface area contributed by atoms with Crippen molar-refractivity contribution < 1.29 is 0 Å². The molecule has 0 aliphatic rings. The molecule has 0 aliphatic carbocycles. The quantitative estimate of drug-likeness (QED) is 0.625. The Hall–Kier alpha value is -0.220. The molecule has 0 radical (unpaired) electrons. The van der Waals surface area contributed by atoms with Gasteiger partial charge in [0.05, 0.1) is 6.20 Å². The normalized spacial score (nSPS) is 9.25. The van der Waals surface area contributed by atoms with Gasteiger partial charge in [-0.25, -0.2) is 4.98 Å². The van der Waals surface area contributed by atoms with Crippen molar-refractivity contribution in [3.63, 3.8) is 0 Å². The summed E-state index contributed by atoms with van der Waals surface area (Å²) in [4.78, 5) is 3.62. The van der Waals surface area contributed by atoms with E-state index in [4.69, 9.17) is 11.6 Å². The van der Waals surface area contributed by atoms with Crippen LogP contribution in [0, 0.1) is 0 Å². The van der Waals surface area contributed by atoms with Gasteiger partial charge >= 0.3 is 0 Å². The zero-order chi connectivity index (χ0) is 5.98. The SMILES string of the molecule is Clc1ncc(Br)nn1. The van der Waals surface area contributed by atoms with Gasteiger partial charge in [0.25, 0.3) is 0 Å². The van der Waals surface area contributed by atoms with Gasteiger partial charge in [0, 0.05) is 0 Å². The predicted molar refractivity (Wildman–Crippen MR) is 32.5 cm³/mol. The first kappa shape index (κ1) is 5.91. The third kappa shape index (κ3) is 1.38. The first-order valence-corrected chi connectivity index (χ1v) is 2.97. The lowest BCUT2D eigenvalue weighted by molar-refractivity contribution is 0.946. The van der Waals surface area contributed by atoms with Crippen molar-refractivity contribution in [3.05, 3.63) is 16.1 Å². The van der Waals surface area contributed by atoms with Crippen molar-refractivity contribution >= 4 is 27.5 Å². The Bertz CT molecular complexity index is 153. The van der Waals surface area contributed by atoms with Crippen molar-refractivity contribution in [2.45, 2.75) is 0 Å². The second kappa shape index (κ2) is 2.37. The molecule has 0 atom stereocenters. The van der Waals surface area contributed by atoms with Crippen LogP contribution in [0.3, 0.4) is 0 Å². The first-order valence-electron chi connectivity index (χ1n) is 1.80. The van der Waals surface area contributed by atoms with Crippen molar-refractivity contribution in [2.24, 2.45) is 0 Å². The van der Waals surface area contributed by atoms with Crippen LogP contribution in [0.15, 0.2) is 10.8 Å². The van der Waals surface area contributed by atoms with E-state index in [1.165, 1.54) is 6.20 Å². The summed E-state index contributed by atoms with van der Waals surface area (Å²) >= 11 is 8.36.